The van der Waals surface area contributed by atoms with Gasteiger partial charge in [-0.2, -0.15) is 0 Å². The van der Waals surface area contributed by atoms with Crippen LogP contribution in [0.4, 0.5) is 5.69 Å². The van der Waals surface area contributed by atoms with Crippen LogP contribution < -0.4 is 4.90 Å². The summed E-state index contributed by atoms with van der Waals surface area (Å²) in [6.45, 7) is 4.55. The van der Waals surface area contributed by atoms with Crippen molar-refractivity contribution in [3.05, 3.63) is 47.2 Å². The summed E-state index contributed by atoms with van der Waals surface area (Å²) in [5.41, 5.74) is 3.82. The molecule has 3 rings (SSSR count). The Morgan fingerprint density at radius 3 is 2.95 bits per heavy atom. The molecule has 0 aliphatic carbocycles. The Kier molecular flexibility index (Phi) is 2.85. The number of aryl methyl sites for hydroxylation is 3. The number of nitrogens with zero attached hydrogens (tertiary/aromatic N) is 2. The van der Waals surface area contributed by atoms with E-state index >= 15 is 0 Å². The van der Waals surface area contributed by atoms with E-state index in [1.54, 1.807) is 6.92 Å². The average Bonchev–Trinajstić information content (AvgIpc) is 2.84. The van der Waals surface area contributed by atoms with Gasteiger partial charge < -0.3 is 9.32 Å². The molecule has 0 saturated heterocycles. The summed E-state index contributed by atoms with van der Waals surface area (Å²) in [4.78, 5) is 18.5. The third-order valence-electron chi connectivity index (χ3n) is 3.61. The minimum absolute atomic E-state index is 0.0681. The monoisotopic (exact) mass is 256 g/mol. The number of hydrogen-bond acceptors (Lipinski definition) is 3. The molecule has 1 aromatic carbocycles. The first-order chi connectivity index (χ1) is 9.18. The summed E-state index contributed by atoms with van der Waals surface area (Å²) in [6, 6.07) is 6.18. The van der Waals surface area contributed by atoms with Gasteiger partial charge in [-0.25, -0.2) is 4.98 Å². The van der Waals surface area contributed by atoms with Gasteiger partial charge >= 0.3 is 0 Å². The summed E-state index contributed by atoms with van der Waals surface area (Å²) in [7, 11) is 0. The molecule has 2 aromatic rings. The van der Waals surface area contributed by atoms with Crippen molar-refractivity contribution in [1.29, 1.82) is 0 Å². The number of carbonyl (C=O) groups excluding carboxylic acids is 1. The predicted octanol–water partition coefficient (Wildman–Crippen LogP) is 2.88. The largest absolute Gasteiger partial charge is 0.448 e. The van der Waals surface area contributed by atoms with Gasteiger partial charge in [0.2, 0.25) is 0 Å². The quantitative estimate of drug-likeness (QED) is 0.788. The van der Waals surface area contributed by atoms with Crippen LogP contribution in [0.1, 0.15) is 33.8 Å². The molecule has 0 fully saturated rings. The van der Waals surface area contributed by atoms with E-state index in [-0.39, 0.29) is 5.91 Å². The first-order valence-electron chi connectivity index (χ1n) is 6.49. The third kappa shape index (κ3) is 1.93. The van der Waals surface area contributed by atoms with Crippen LogP contribution in [0.15, 0.2) is 29.0 Å². The van der Waals surface area contributed by atoms with Crippen molar-refractivity contribution in [1.82, 2.24) is 4.98 Å². The molecular weight excluding hydrogens is 240 g/mol. The topological polar surface area (TPSA) is 46.3 Å². The molecular formula is C15H16N2O2. The first kappa shape index (κ1) is 12.0. The van der Waals surface area contributed by atoms with Gasteiger partial charge in [0.15, 0.2) is 12.1 Å². The molecule has 1 amide bonds. The van der Waals surface area contributed by atoms with Gasteiger partial charge in [0.25, 0.3) is 5.91 Å². The van der Waals surface area contributed by atoms with Crippen LogP contribution in [-0.2, 0) is 6.42 Å². The Hall–Kier alpha value is -2.10. The zero-order valence-corrected chi connectivity index (χ0v) is 11.1. The molecule has 0 N–H and O–H groups in total. The van der Waals surface area contributed by atoms with Gasteiger partial charge in [-0.05, 0) is 37.8 Å². The van der Waals surface area contributed by atoms with Crippen molar-refractivity contribution in [3.63, 3.8) is 0 Å². The number of carbonyl (C=O) groups is 1. The van der Waals surface area contributed by atoms with Gasteiger partial charge in [-0.1, -0.05) is 18.2 Å². The van der Waals surface area contributed by atoms with Crippen molar-refractivity contribution in [2.45, 2.75) is 26.7 Å². The van der Waals surface area contributed by atoms with E-state index in [9.17, 15) is 4.79 Å². The van der Waals surface area contributed by atoms with Crippen LogP contribution in [0.2, 0.25) is 0 Å². The second-order valence-electron chi connectivity index (χ2n) is 4.90. The number of benzene rings is 1. The van der Waals surface area contributed by atoms with E-state index in [1.165, 1.54) is 12.0 Å². The van der Waals surface area contributed by atoms with Crippen molar-refractivity contribution in [2.24, 2.45) is 0 Å². The number of amides is 1. The molecule has 2 heterocycles. The van der Waals surface area contributed by atoms with Crippen LogP contribution >= 0.6 is 0 Å². The Labute approximate surface area is 112 Å². The highest BCUT2D eigenvalue weighted by Gasteiger charge is 2.27. The summed E-state index contributed by atoms with van der Waals surface area (Å²) < 4.78 is 5.14. The molecule has 0 unspecified atom stereocenters. The number of aromatic nitrogens is 1. The van der Waals surface area contributed by atoms with Gasteiger partial charge in [-0.3, -0.25) is 4.79 Å². The third-order valence-corrected chi connectivity index (χ3v) is 3.61. The molecule has 0 atom stereocenters. The van der Waals surface area contributed by atoms with Crippen LogP contribution in [0.3, 0.4) is 0 Å². The lowest BCUT2D eigenvalue weighted by Gasteiger charge is -2.30. The molecule has 19 heavy (non-hydrogen) atoms. The van der Waals surface area contributed by atoms with Crippen LogP contribution in [0.25, 0.3) is 0 Å². The fraction of sp³-hybridized carbons (Fsp3) is 0.333. The van der Waals surface area contributed by atoms with Gasteiger partial charge in [0.1, 0.15) is 5.76 Å². The van der Waals surface area contributed by atoms with Crippen LogP contribution in [0.5, 0.6) is 0 Å². The second kappa shape index (κ2) is 4.53. The minimum Gasteiger partial charge on any atom is -0.448 e. The molecule has 98 valence electrons. The lowest BCUT2D eigenvalue weighted by atomic mass is 9.98. The van der Waals surface area contributed by atoms with Crippen molar-refractivity contribution >= 4 is 11.6 Å². The maximum Gasteiger partial charge on any atom is 0.280 e. The maximum atomic E-state index is 12.6. The number of oxazole rings is 1. The number of fused-ring (bicyclic) bond motifs is 1. The molecule has 4 heteroatoms. The summed E-state index contributed by atoms with van der Waals surface area (Å²) in [5.74, 6) is 0.507. The van der Waals surface area contributed by atoms with Gasteiger partial charge in [-0.15, -0.1) is 0 Å². The lowest BCUT2D eigenvalue weighted by Crippen LogP contribution is -2.36. The number of anilines is 1. The highest BCUT2D eigenvalue weighted by molar-refractivity contribution is 6.06. The van der Waals surface area contributed by atoms with E-state index in [2.05, 4.69) is 11.1 Å². The highest BCUT2D eigenvalue weighted by Crippen LogP contribution is 2.31. The van der Waals surface area contributed by atoms with Crippen molar-refractivity contribution in [2.75, 3.05) is 11.4 Å². The molecule has 0 bridgehead atoms. The number of para-hydroxylation sites is 1. The fourth-order valence-corrected chi connectivity index (χ4v) is 2.69. The minimum atomic E-state index is -0.0681. The zero-order chi connectivity index (χ0) is 13.4. The van der Waals surface area contributed by atoms with E-state index < -0.39 is 0 Å². The lowest BCUT2D eigenvalue weighted by molar-refractivity contribution is 0.0979. The average molecular weight is 256 g/mol. The van der Waals surface area contributed by atoms with Crippen LogP contribution in [-0.4, -0.2) is 17.4 Å². The second-order valence-corrected chi connectivity index (χ2v) is 4.90. The molecule has 0 spiro atoms. The van der Waals surface area contributed by atoms with E-state index in [4.69, 9.17) is 4.42 Å². The standard InChI is InChI=1S/C15H16N2O2/c1-10-5-3-6-12-7-4-8-17(14(10)12)15(18)13-11(2)19-9-16-13/h3,5-6,9H,4,7-8H2,1-2H3. The summed E-state index contributed by atoms with van der Waals surface area (Å²) >= 11 is 0. The molecule has 1 aromatic heterocycles. The zero-order valence-electron chi connectivity index (χ0n) is 11.1. The van der Waals surface area contributed by atoms with E-state index in [0.717, 1.165) is 30.6 Å². The first-order valence-corrected chi connectivity index (χ1v) is 6.49. The Bertz CT molecular complexity index is 631. The Morgan fingerprint density at radius 1 is 1.37 bits per heavy atom. The van der Waals surface area contributed by atoms with E-state index in [0.29, 0.717) is 11.5 Å². The molecule has 0 saturated carbocycles. The highest BCUT2D eigenvalue weighted by atomic mass is 16.3. The smallest absolute Gasteiger partial charge is 0.280 e. The fourth-order valence-electron chi connectivity index (χ4n) is 2.69. The molecule has 4 nitrogen and oxygen atoms in total. The summed E-state index contributed by atoms with van der Waals surface area (Å²) in [5, 5.41) is 0. The maximum absolute atomic E-state index is 12.6. The van der Waals surface area contributed by atoms with Crippen LogP contribution in [0, 0.1) is 13.8 Å². The predicted molar refractivity (Wildman–Crippen MR) is 72.4 cm³/mol. The number of rotatable bonds is 1. The molecule has 1 aliphatic heterocycles. The normalized spacial score (nSPS) is 14.3. The van der Waals surface area contributed by atoms with Gasteiger partial charge in [0.05, 0.1) is 5.69 Å². The summed E-state index contributed by atoms with van der Waals surface area (Å²) in [6.07, 6.45) is 3.34. The molecule has 1 aliphatic rings. The number of hydrogen-bond donors (Lipinski definition) is 0. The molecule has 0 radical (unpaired) electrons. The van der Waals surface area contributed by atoms with E-state index in [1.807, 2.05) is 24.0 Å². The Morgan fingerprint density at radius 2 is 2.21 bits per heavy atom. The van der Waals surface area contributed by atoms with Crippen molar-refractivity contribution < 1.29 is 9.21 Å². The Balaban J connectivity index is 2.05. The SMILES string of the molecule is Cc1cccc2c1N(C(=O)c1ncoc1C)CCC2. The van der Waals surface area contributed by atoms with Crippen molar-refractivity contribution in [3.8, 4) is 0 Å². The van der Waals surface area contributed by atoms with Gasteiger partial charge in [0, 0.05) is 6.54 Å².